The summed E-state index contributed by atoms with van der Waals surface area (Å²) in [5, 5.41) is 2.76. The molecule has 5 heteroatoms. The van der Waals surface area contributed by atoms with Crippen LogP contribution in [0.3, 0.4) is 0 Å². The van der Waals surface area contributed by atoms with E-state index in [1.54, 1.807) is 31.2 Å². The summed E-state index contributed by atoms with van der Waals surface area (Å²) in [5.74, 6) is -0.0404. The van der Waals surface area contributed by atoms with Gasteiger partial charge >= 0.3 is 5.97 Å². The molecule has 1 atom stereocenters. The van der Waals surface area contributed by atoms with Crippen LogP contribution in [0.15, 0.2) is 24.3 Å². The number of benzene rings is 1. The first-order chi connectivity index (χ1) is 9.96. The predicted octanol–water partition coefficient (Wildman–Crippen LogP) is 2.55. The molecule has 5 nitrogen and oxygen atoms in total. The summed E-state index contributed by atoms with van der Waals surface area (Å²) in [6, 6.07) is 6.80. The molecule has 1 aromatic rings. The Morgan fingerprint density at radius 2 is 1.81 bits per heavy atom. The van der Waals surface area contributed by atoms with Crippen LogP contribution in [0, 0.1) is 0 Å². The van der Waals surface area contributed by atoms with Gasteiger partial charge < -0.3 is 14.8 Å². The lowest BCUT2D eigenvalue weighted by Gasteiger charge is -2.27. The molecule has 0 saturated carbocycles. The third-order valence-electron chi connectivity index (χ3n) is 3.20. The number of rotatable bonds is 7. The Morgan fingerprint density at radius 1 is 1.19 bits per heavy atom. The number of hydrogen-bond acceptors (Lipinski definition) is 4. The maximum atomic E-state index is 12.3. The fourth-order valence-electron chi connectivity index (χ4n) is 2.13. The van der Waals surface area contributed by atoms with Gasteiger partial charge in [-0.3, -0.25) is 4.79 Å². The van der Waals surface area contributed by atoms with Crippen LogP contribution in [0.2, 0.25) is 0 Å². The van der Waals surface area contributed by atoms with Crippen molar-refractivity contribution < 1.29 is 19.1 Å². The second kappa shape index (κ2) is 7.67. The van der Waals surface area contributed by atoms with E-state index in [1.807, 2.05) is 13.8 Å². The van der Waals surface area contributed by atoms with Gasteiger partial charge in [0.1, 0.15) is 11.3 Å². The first-order valence-electron chi connectivity index (χ1n) is 7.10. The van der Waals surface area contributed by atoms with Crippen molar-refractivity contribution in [2.45, 2.75) is 39.2 Å². The van der Waals surface area contributed by atoms with E-state index in [2.05, 4.69) is 5.32 Å². The summed E-state index contributed by atoms with van der Waals surface area (Å²) in [7, 11) is 1.32. The van der Waals surface area contributed by atoms with Gasteiger partial charge in [-0.25, -0.2) is 4.79 Å². The van der Waals surface area contributed by atoms with Gasteiger partial charge in [-0.1, -0.05) is 13.3 Å². The predicted molar refractivity (Wildman–Crippen MR) is 80.4 cm³/mol. The fourth-order valence-corrected chi connectivity index (χ4v) is 2.13. The topological polar surface area (TPSA) is 64.6 Å². The van der Waals surface area contributed by atoms with Crippen LogP contribution in [-0.4, -0.2) is 31.1 Å². The number of methoxy groups -OCH3 is 1. The zero-order valence-corrected chi connectivity index (χ0v) is 13.1. The molecule has 1 rings (SSSR count). The number of nitrogens with one attached hydrogen (secondary N) is 1. The van der Waals surface area contributed by atoms with E-state index in [-0.39, 0.29) is 5.91 Å². The fraction of sp³-hybridized carbons (Fsp3) is 0.500. The molecule has 0 aliphatic carbocycles. The van der Waals surface area contributed by atoms with E-state index in [4.69, 9.17) is 9.47 Å². The van der Waals surface area contributed by atoms with Crippen LogP contribution >= 0.6 is 0 Å². The molecular formula is C16H23NO4. The van der Waals surface area contributed by atoms with Crippen LogP contribution in [0.5, 0.6) is 5.75 Å². The molecule has 1 amide bonds. The van der Waals surface area contributed by atoms with Gasteiger partial charge in [-0.2, -0.15) is 0 Å². The van der Waals surface area contributed by atoms with Crippen molar-refractivity contribution >= 4 is 11.9 Å². The minimum atomic E-state index is -1.01. The highest BCUT2D eigenvalue weighted by molar-refractivity contribution is 5.98. The quantitative estimate of drug-likeness (QED) is 0.785. The molecule has 1 aromatic carbocycles. The van der Waals surface area contributed by atoms with Crippen molar-refractivity contribution in [1.82, 2.24) is 5.32 Å². The summed E-state index contributed by atoms with van der Waals surface area (Å²) in [6.07, 6.45) is 1.28. The molecule has 0 aliphatic heterocycles. The third kappa shape index (κ3) is 4.48. The first-order valence-corrected chi connectivity index (χ1v) is 7.10. The standard InChI is InChI=1S/C16H23NO4/c1-5-11-16(3,15(19)20-4)17-14(18)12-7-9-13(10-8-12)21-6-2/h7-10H,5-6,11H2,1-4H3,(H,17,18). The van der Waals surface area contributed by atoms with Crippen molar-refractivity contribution in [2.75, 3.05) is 13.7 Å². The zero-order valence-electron chi connectivity index (χ0n) is 13.1. The monoisotopic (exact) mass is 293 g/mol. The van der Waals surface area contributed by atoms with E-state index >= 15 is 0 Å². The third-order valence-corrected chi connectivity index (χ3v) is 3.20. The summed E-state index contributed by atoms with van der Waals surface area (Å²) in [6.45, 7) is 6.09. The molecule has 0 fully saturated rings. The smallest absolute Gasteiger partial charge is 0.331 e. The lowest BCUT2D eigenvalue weighted by atomic mass is 9.95. The Bertz CT molecular complexity index is 484. The lowest BCUT2D eigenvalue weighted by Crippen LogP contribution is -2.52. The molecular weight excluding hydrogens is 270 g/mol. The van der Waals surface area contributed by atoms with Crippen molar-refractivity contribution in [1.29, 1.82) is 0 Å². The van der Waals surface area contributed by atoms with Crippen molar-refractivity contribution in [3.05, 3.63) is 29.8 Å². The molecule has 0 saturated heterocycles. The number of ether oxygens (including phenoxy) is 2. The zero-order chi connectivity index (χ0) is 15.9. The molecule has 0 spiro atoms. The molecule has 0 heterocycles. The van der Waals surface area contributed by atoms with E-state index in [9.17, 15) is 9.59 Å². The summed E-state index contributed by atoms with van der Waals surface area (Å²) >= 11 is 0. The number of amides is 1. The highest BCUT2D eigenvalue weighted by atomic mass is 16.5. The first kappa shape index (κ1) is 17.0. The second-order valence-corrected chi connectivity index (χ2v) is 4.99. The van der Waals surface area contributed by atoms with Gasteiger partial charge in [0.2, 0.25) is 0 Å². The molecule has 1 N–H and O–H groups in total. The molecule has 21 heavy (non-hydrogen) atoms. The molecule has 0 radical (unpaired) electrons. The van der Waals surface area contributed by atoms with Crippen LogP contribution in [0.1, 0.15) is 44.0 Å². The second-order valence-electron chi connectivity index (χ2n) is 4.99. The highest BCUT2D eigenvalue weighted by Crippen LogP contribution is 2.17. The van der Waals surface area contributed by atoms with Crippen LogP contribution in [-0.2, 0) is 9.53 Å². The van der Waals surface area contributed by atoms with Crippen LogP contribution < -0.4 is 10.1 Å². The van der Waals surface area contributed by atoms with Crippen molar-refractivity contribution in [3.8, 4) is 5.75 Å². The number of esters is 1. The summed E-state index contributed by atoms with van der Waals surface area (Å²) in [5.41, 5.74) is -0.538. The van der Waals surface area contributed by atoms with Gasteiger partial charge in [0, 0.05) is 5.56 Å². The van der Waals surface area contributed by atoms with Gasteiger partial charge in [0.05, 0.1) is 13.7 Å². The molecule has 116 valence electrons. The van der Waals surface area contributed by atoms with Crippen LogP contribution in [0.4, 0.5) is 0 Å². The largest absolute Gasteiger partial charge is 0.494 e. The van der Waals surface area contributed by atoms with E-state index in [1.165, 1.54) is 7.11 Å². The molecule has 1 unspecified atom stereocenters. The lowest BCUT2D eigenvalue weighted by molar-refractivity contribution is -0.147. The number of hydrogen-bond donors (Lipinski definition) is 1. The molecule has 0 aromatic heterocycles. The van der Waals surface area contributed by atoms with E-state index < -0.39 is 11.5 Å². The maximum absolute atomic E-state index is 12.3. The SMILES string of the molecule is CCCC(C)(NC(=O)c1ccc(OCC)cc1)C(=O)OC. The van der Waals surface area contributed by atoms with Gasteiger partial charge in [-0.15, -0.1) is 0 Å². The van der Waals surface area contributed by atoms with Gasteiger partial charge in [0.15, 0.2) is 0 Å². The van der Waals surface area contributed by atoms with Crippen LogP contribution in [0.25, 0.3) is 0 Å². The Labute approximate surface area is 125 Å². The van der Waals surface area contributed by atoms with E-state index in [0.717, 1.165) is 6.42 Å². The Morgan fingerprint density at radius 3 is 2.29 bits per heavy atom. The maximum Gasteiger partial charge on any atom is 0.331 e. The van der Waals surface area contributed by atoms with E-state index in [0.29, 0.717) is 24.3 Å². The Kier molecular flexibility index (Phi) is 6.21. The molecule has 0 bridgehead atoms. The minimum Gasteiger partial charge on any atom is -0.494 e. The average molecular weight is 293 g/mol. The average Bonchev–Trinajstić information content (AvgIpc) is 2.47. The Hall–Kier alpha value is -2.04. The number of carbonyl (C=O) groups excluding carboxylic acids is 2. The van der Waals surface area contributed by atoms with Crippen molar-refractivity contribution in [2.24, 2.45) is 0 Å². The Balaban J connectivity index is 2.84. The summed E-state index contributed by atoms with van der Waals surface area (Å²) in [4.78, 5) is 24.1. The number of carbonyl (C=O) groups is 2. The van der Waals surface area contributed by atoms with Crippen molar-refractivity contribution in [3.63, 3.8) is 0 Å². The van der Waals surface area contributed by atoms with Gasteiger partial charge in [0.25, 0.3) is 5.91 Å². The molecule has 0 aliphatic rings. The minimum absolute atomic E-state index is 0.306. The summed E-state index contributed by atoms with van der Waals surface area (Å²) < 4.78 is 10.1. The normalized spacial score (nSPS) is 13.1. The van der Waals surface area contributed by atoms with Gasteiger partial charge in [-0.05, 0) is 44.5 Å². The highest BCUT2D eigenvalue weighted by Gasteiger charge is 2.35.